The number of nitrogens with one attached hydrogen (secondary N) is 1. The highest BCUT2D eigenvalue weighted by atomic mass is 16.5. The number of fused-ring (bicyclic) bond motifs is 1. The molecule has 21 heavy (non-hydrogen) atoms. The van der Waals surface area contributed by atoms with Gasteiger partial charge in [0, 0.05) is 44.3 Å². The zero-order valence-corrected chi connectivity index (χ0v) is 12.9. The molecule has 2 aliphatic heterocycles. The lowest BCUT2D eigenvalue weighted by atomic mass is 10.0. The van der Waals surface area contributed by atoms with Gasteiger partial charge in [-0.25, -0.2) is 0 Å². The number of rotatable bonds is 7. The predicted molar refractivity (Wildman–Crippen MR) is 84.0 cm³/mol. The van der Waals surface area contributed by atoms with Crippen molar-refractivity contribution in [3.05, 3.63) is 29.8 Å². The largest absolute Gasteiger partial charge is 0.493 e. The van der Waals surface area contributed by atoms with Crippen molar-refractivity contribution in [1.82, 2.24) is 10.2 Å². The zero-order chi connectivity index (χ0) is 14.5. The lowest BCUT2D eigenvalue weighted by Crippen LogP contribution is -2.41. The first-order valence-corrected chi connectivity index (χ1v) is 8.03. The number of ether oxygens (including phenoxy) is 2. The summed E-state index contributed by atoms with van der Waals surface area (Å²) >= 11 is 0. The van der Waals surface area contributed by atoms with E-state index in [1.165, 1.54) is 18.4 Å². The predicted octanol–water partition coefficient (Wildman–Crippen LogP) is 1.86. The highest BCUT2D eigenvalue weighted by molar-refractivity contribution is 5.39. The molecule has 1 fully saturated rings. The van der Waals surface area contributed by atoms with E-state index >= 15 is 0 Å². The molecule has 1 aromatic rings. The lowest BCUT2D eigenvalue weighted by Gasteiger charge is -2.27. The van der Waals surface area contributed by atoms with E-state index in [9.17, 15) is 0 Å². The Morgan fingerprint density at radius 2 is 2.24 bits per heavy atom. The van der Waals surface area contributed by atoms with Gasteiger partial charge in [0.05, 0.1) is 13.2 Å². The van der Waals surface area contributed by atoms with E-state index in [1.807, 2.05) is 6.07 Å². The van der Waals surface area contributed by atoms with Gasteiger partial charge >= 0.3 is 0 Å². The van der Waals surface area contributed by atoms with Crippen molar-refractivity contribution in [3.8, 4) is 5.75 Å². The third kappa shape index (κ3) is 3.76. The molecular weight excluding hydrogens is 264 g/mol. The Bertz CT molecular complexity index is 446. The van der Waals surface area contributed by atoms with Crippen LogP contribution in [0.2, 0.25) is 0 Å². The topological polar surface area (TPSA) is 33.7 Å². The van der Waals surface area contributed by atoms with Gasteiger partial charge in [0.2, 0.25) is 0 Å². The van der Waals surface area contributed by atoms with E-state index in [2.05, 4.69) is 28.4 Å². The molecule has 0 saturated carbocycles. The molecule has 0 spiro atoms. The van der Waals surface area contributed by atoms with Crippen molar-refractivity contribution in [1.29, 1.82) is 0 Å². The summed E-state index contributed by atoms with van der Waals surface area (Å²) in [6.07, 6.45) is 2.60. The fraction of sp³-hybridized carbons (Fsp3) is 0.647. The van der Waals surface area contributed by atoms with Crippen LogP contribution < -0.4 is 10.1 Å². The molecule has 1 N–H and O–H groups in total. The minimum absolute atomic E-state index is 0.486. The fourth-order valence-corrected chi connectivity index (χ4v) is 3.39. The fourth-order valence-electron chi connectivity index (χ4n) is 3.39. The number of methoxy groups -OCH3 is 1. The quantitative estimate of drug-likeness (QED) is 0.831. The van der Waals surface area contributed by atoms with Crippen LogP contribution in [-0.4, -0.2) is 57.4 Å². The van der Waals surface area contributed by atoms with Crippen LogP contribution in [0.3, 0.4) is 0 Å². The summed E-state index contributed by atoms with van der Waals surface area (Å²) in [5.41, 5.74) is 1.36. The highest BCUT2D eigenvalue weighted by Gasteiger charge is 2.27. The molecule has 4 nitrogen and oxygen atoms in total. The summed E-state index contributed by atoms with van der Waals surface area (Å²) in [5, 5.41) is 3.59. The maximum atomic E-state index is 5.81. The monoisotopic (exact) mass is 290 g/mol. The maximum absolute atomic E-state index is 5.81. The summed E-state index contributed by atoms with van der Waals surface area (Å²) in [4.78, 5) is 2.53. The molecular formula is C17H26N2O2. The van der Waals surface area contributed by atoms with Crippen molar-refractivity contribution >= 4 is 0 Å². The standard InChI is InChI=1S/C17H26N2O2/c1-20-10-9-19(12-15-5-4-8-18-15)11-14-13-21-17-7-3-2-6-16(14)17/h2-3,6-7,14-15,18H,4-5,8-13H2,1H3. The van der Waals surface area contributed by atoms with Crippen molar-refractivity contribution in [3.63, 3.8) is 0 Å². The average Bonchev–Trinajstić information content (AvgIpc) is 3.15. The van der Waals surface area contributed by atoms with Gasteiger partial charge in [-0.1, -0.05) is 18.2 Å². The number of nitrogens with zero attached hydrogens (tertiary/aromatic N) is 1. The molecule has 2 aliphatic rings. The molecule has 0 amide bonds. The molecule has 4 heteroatoms. The van der Waals surface area contributed by atoms with Crippen LogP contribution in [-0.2, 0) is 4.74 Å². The Balaban J connectivity index is 1.61. The van der Waals surface area contributed by atoms with Crippen molar-refractivity contribution < 1.29 is 9.47 Å². The molecule has 3 rings (SSSR count). The third-order valence-corrected chi connectivity index (χ3v) is 4.53. The Kier molecular flexibility index (Phi) is 5.12. The van der Waals surface area contributed by atoms with Crippen LogP contribution in [0.25, 0.3) is 0 Å². The van der Waals surface area contributed by atoms with Crippen LogP contribution in [0, 0.1) is 0 Å². The molecule has 116 valence electrons. The van der Waals surface area contributed by atoms with Gasteiger partial charge in [0.15, 0.2) is 0 Å². The molecule has 0 bridgehead atoms. The van der Waals surface area contributed by atoms with Gasteiger partial charge in [0.1, 0.15) is 5.75 Å². The van der Waals surface area contributed by atoms with Crippen LogP contribution in [0.1, 0.15) is 24.3 Å². The van der Waals surface area contributed by atoms with Gasteiger partial charge in [-0.15, -0.1) is 0 Å². The second-order valence-electron chi connectivity index (χ2n) is 6.09. The molecule has 2 atom stereocenters. The highest BCUT2D eigenvalue weighted by Crippen LogP contribution is 2.33. The zero-order valence-electron chi connectivity index (χ0n) is 12.9. The average molecular weight is 290 g/mol. The maximum Gasteiger partial charge on any atom is 0.122 e. The molecule has 1 aromatic carbocycles. The Hall–Kier alpha value is -1.10. The normalized spacial score (nSPS) is 24.3. The first-order chi connectivity index (χ1) is 10.4. The number of para-hydroxylation sites is 1. The van der Waals surface area contributed by atoms with Crippen LogP contribution in [0.4, 0.5) is 0 Å². The number of hydrogen-bond acceptors (Lipinski definition) is 4. The van der Waals surface area contributed by atoms with Gasteiger partial charge in [-0.2, -0.15) is 0 Å². The van der Waals surface area contributed by atoms with Gasteiger partial charge < -0.3 is 14.8 Å². The van der Waals surface area contributed by atoms with Crippen molar-refractivity contribution in [2.75, 3.05) is 46.5 Å². The minimum atomic E-state index is 0.486. The van der Waals surface area contributed by atoms with E-state index in [0.717, 1.165) is 45.1 Å². The first kappa shape index (κ1) is 14.8. The number of hydrogen-bond donors (Lipinski definition) is 1. The minimum Gasteiger partial charge on any atom is -0.493 e. The molecule has 1 saturated heterocycles. The summed E-state index contributed by atoms with van der Waals surface area (Å²) in [7, 11) is 1.78. The van der Waals surface area contributed by atoms with E-state index in [-0.39, 0.29) is 0 Å². The van der Waals surface area contributed by atoms with Gasteiger partial charge in [-0.05, 0) is 25.5 Å². The molecule has 2 heterocycles. The summed E-state index contributed by atoms with van der Waals surface area (Å²) in [6, 6.07) is 9.08. The SMILES string of the molecule is COCCN(CC1CCCN1)CC1COc2ccccc21. The van der Waals surface area contributed by atoms with Crippen LogP contribution >= 0.6 is 0 Å². The Morgan fingerprint density at radius 3 is 3.05 bits per heavy atom. The number of benzene rings is 1. The summed E-state index contributed by atoms with van der Waals surface area (Å²) in [5.74, 6) is 1.55. The summed E-state index contributed by atoms with van der Waals surface area (Å²) in [6.45, 7) is 5.93. The second-order valence-corrected chi connectivity index (χ2v) is 6.09. The molecule has 0 aromatic heterocycles. The van der Waals surface area contributed by atoms with E-state index in [1.54, 1.807) is 7.11 Å². The molecule has 0 radical (unpaired) electrons. The van der Waals surface area contributed by atoms with E-state index in [4.69, 9.17) is 9.47 Å². The van der Waals surface area contributed by atoms with Gasteiger partial charge in [0.25, 0.3) is 0 Å². The summed E-state index contributed by atoms with van der Waals surface area (Å²) < 4.78 is 11.1. The van der Waals surface area contributed by atoms with E-state index < -0.39 is 0 Å². The lowest BCUT2D eigenvalue weighted by molar-refractivity contribution is 0.134. The van der Waals surface area contributed by atoms with Gasteiger partial charge in [-0.3, -0.25) is 4.90 Å². The van der Waals surface area contributed by atoms with Crippen molar-refractivity contribution in [2.24, 2.45) is 0 Å². The second kappa shape index (κ2) is 7.25. The van der Waals surface area contributed by atoms with Crippen LogP contribution in [0.15, 0.2) is 24.3 Å². The molecule has 0 aliphatic carbocycles. The Morgan fingerprint density at radius 1 is 1.33 bits per heavy atom. The van der Waals surface area contributed by atoms with Crippen LogP contribution in [0.5, 0.6) is 5.75 Å². The Labute approximate surface area is 127 Å². The van der Waals surface area contributed by atoms with Crippen molar-refractivity contribution in [2.45, 2.75) is 24.8 Å². The smallest absolute Gasteiger partial charge is 0.122 e. The first-order valence-electron chi connectivity index (χ1n) is 8.03. The third-order valence-electron chi connectivity index (χ3n) is 4.53. The van der Waals surface area contributed by atoms with E-state index in [0.29, 0.717) is 12.0 Å². The molecule has 2 unspecified atom stereocenters.